The summed E-state index contributed by atoms with van der Waals surface area (Å²) in [5, 5.41) is 6.89. The number of carbonyl (C=O) groups is 3. The lowest BCUT2D eigenvalue weighted by atomic mass is 9.85. The molecule has 138 valence electrons. The monoisotopic (exact) mass is 342 g/mol. The van der Waals surface area contributed by atoms with Crippen molar-refractivity contribution >= 4 is 18.4 Å². The Morgan fingerprint density at radius 2 is 1.75 bits per heavy atom. The smallest absolute Gasteiger partial charge is 0.319 e. The lowest BCUT2D eigenvalue weighted by Crippen LogP contribution is -2.56. The number of hydrogen-bond acceptors (Lipinski definition) is 4. The van der Waals surface area contributed by atoms with Gasteiger partial charge in [0.05, 0.1) is 0 Å². The lowest BCUT2D eigenvalue weighted by Gasteiger charge is -2.45. The van der Waals surface area contributed by atoms with Crippen LogP contribution in [0.4, 0.5) is 4.79 Å². The van der Waals surface area contributed by atoms with E-state index < -0.39 is 0 Å². The number of likely N-dealkylation sites (N-methyl/N-ethyl adjacent to an activating group) is 1. The van der Waals surface area contributed by atoms with Crippen molar-refractivity contribution < 1.29 is 19.5 Å². The van der Waals surface area contributed by atoms with Crippen molar-refractivity contribution in [2.75, 3.05) is 54.4 Å². The topological polar surface area (TPSA) is 84.4 Å². The quantitative estimate of drug-likeness (QED) is 0.750. The Morgan fingerprint density at radius 1 is 1.21 bits per heavy atom. The Hall–Kier alpha value is -1.83. The lowest BCUT2D eigenvalue weighted by molar-refractivity contribution is -0.132. The van der Waals surface area contributed by atoms with Gasteiger partial charge in [0.1, 0.15) is 0 Å². The average Bonchev–Trinajstić information content (AvgIpc) is 2.82. The molecule has 0 aromatic carbocycles. The van der Waals surface area contributed by atoms with Crippen molar-refractivity contribution in [2.45, 2.75) is 31.2 Å². The highest BCUT2D eigenvalue weighted by Crippen LogP contribution is 2.39. The summed E-state index contributed by atoms with van der Waals surface area (Å²) in [5.74, 6) is 0.282. The predicted molar refractivity (Wildman–Crippen MR) is 90.8 cm³/mol. The SMILES string of the molecule is CN(C)CCN1C(=O)CCC12CCN(C(=O)N(C)C)CC2.O=CO. The summed E-state index contributed by atoms with van der Waals surface area (Å²) in [6.45, 7) is 2.95. The Labute approximate surface area is 144 Å². The van der Waals surface area contributed by atoms with Gasteiger partial charge in [0.15, 0.2) is 0 Å². The van der Waals surface area contributed by atoms with E-state index in [9.17, 15) is 9.59 Å². The van der Waals surface area contributed by atoms with Crippen LogP contribution >= 0.6 is 0 Å². The first-order valence-electron chi connectivity index (χ1n) is 8.26. The Balaban J connectivity index is 0.000000891. The molecule has 2 rings (SSSR count). The average molecular weight is 342 g/mol. The minimum Gasteiger partial charge on any atom is -0.483 e. The van der Waals surface area contributed by atoms with Gasteiger partial charge in [-0.05, 0) is 33.4 Å². The summed E-state index contributed by atoms with van der Waals surface area (Å²) in [7, 11) is 7.64. The molecule has 0 aromatic rings. The van der Waals surface area contributed by atoms with E-state index >= 15 is 0 Å². The highest BCUT2D eigenvalue weighted by Gasteiger charge is 2.47. The maximum atomic E-state index is 12.2. The largest absolute Gasteiger partial charge is 0.483 e. The van der Waals surface area contributed by atoms with E-state index in [1.807, 2.05) is 19.0 Å². The van der Waals surface area contributed by atoms with Crippen molar-refractivity contribution in [3.63, 3.8) is 0 Å². The molecule has 2 saturated heterocycles. The van der Waals surface area contributed by atoms with E-state index in [0.29, 0.717) is 6.42 Å². The van der Waals surface area contributed by atoms with Crippen LogP contribution in [0.15, 0.2) is 0 Å². The first-order chi connectivity index (χ1) is 11.3. The summed E-state index contributed by atoms with van der Waals surface area (Å²) in [5.41, 5.74) is -0.00378. The van der Waals surface area contributed by atoms with Gasteiger partial charge in [0.2, 0.25) is 5.91 Å². The summed E-state index contributed by atoms with van der Waals surface area (Å²) >= 11 is 0. The standard InChI is InChI=1S/C15H28N4O2.CH2O2/c1-16(2)11-12-19-13(20)5-6-15(19)7-9-18(10-8-15)14(21)17(3)4;2-1-3/h5-12H2,1-4H3;1H,(H,2,3). The molecule has 2 aliphatic rings. The van der Waals surface area contributed by atoms with Crippen molar-refractivity contribution in [2.24, 2.45) is 0 Å². The zero-order valence-corrected chi connectivity index (χ0v) is 15.2. The van der Waals surface area contributed by atoms with Crippen molar-refractivity contribution in [1.29, 1.82) is 0 Å². The first kappa shape index (κ1) is 20.2. The minimum absolute atomic E-state index is 0.00378. The van der Waals surface area contributed by atoms with Crippen LogP contribution in [0.3, 0.4) is 0 Å². The maximum absolute atomic E-state index is 12.2. The normalized spacial score (nSPS) is 19.3. The second-order valence-corrected chi connectivity index (χ2v) is 6.84. The summed E-state index contributed by atoms with van der Waals surface area (Å²) in [6.07, 6.45) is 3.43. The van der Waals surface area contributed by atoms with Gasteiger partial charge >= 0.3 is 6.03 Å². The molecule has 2 heterocycles. The van der Waals surface area contributed by atoms with Gasteiger partial charge in [0, 0.05) is 52.2 Å². The molecule has 2 fully saturated rings. The molecular weight excluding hydrogens is 312 g/mol. The number of amides is 3. The van der Waals surface area contributed by atoms with Crippen molar-refractivity contribution in [3.05, 3.63) is 0 Å². The predicted octanol–water partition coefficient (Wildman–Crippen LogP) is 0.387. The number of carbonyl (C=O) groups excluding carboxylic acids is 2. The molecule has 0 bridgehead atoms. The highest BCUT2D eigenvalue weighted by molar-refractivity contribution is 5.80. The molecule has 0 saturated carbocycles. The second kappa shape index (κ2) is 8.86. The number of likely N-dealkylation sites (tertiary alicyclic amines) is 2. The minimum atomic E-state index is -0.250. The van der Waals surface area contributed by atoms with Crippen LogP contribution in [0.2, 0.25) is 0 Å². The van der Waals surface area contributed by atoms with E-state index in [-0.39, 0.29) is 23.9 Å². The third-order valence-corrected chi connectivity index (χ3v) is 4.80. The van der Waals surface area contributed by atoms with Gasteiger partial charge in [0.25, 0.3) is 6.47 Å². The number of hydrogen-bond donors (Lipinski definition) is 1. The number of carboxylic acid groups (broad SMARTS) is 1. The molecule has 1 spiro atoms. The van der Waals surface area contributed by atoms with Crippen molar-refractivity contribution in [3.8, 4) is 0 Å². The number of piperidine rings is 1. The Kier molecular flexibility index (Phi) is 7.47. The molecule has 8 heteroatoms. The fourth-order valence-electron chi connectivity index (χ4n) is 3.45. The maximum Gasteiger partial charge on any atom is 0.319 e. The third-order valence-electron chi connectivity index (χ3n) is 4.80. The van der Waals surface area contributed by atoms with E-state index in [2.05, 4.69) is 9.80 Å². The molecule has 0 radical (unpaired) electrons. The fraction of sp³-hybridized carbons (Fsp3) is 0.812. The van der Waals surface area contributed by atoms with Crippen LogP contribution in [0.1, 0.15) is 25.7 Å². The van der Waals surface area contributed by atoms with Gasteiger partial charge in [-0.25, -0.2) is 4.79 Å². The van der Waals surface area contributed by atoms with Crippen LogP contribution in [-0.2, 0) is 9.59 Å². The third kappa shape index (κ3) is 4.83. The molecule has 8 nitrogen and oxygen atoms in total. The molecule has 0 aromatic heterocycles. The number of nitrogens with zero attached hydrogens (tertiary/aromatic N) is 4. The zero-order chi connectivity index (χ0) is 18.3. The molecule has 1 N–H and O–H groups in total. The highest BCUT2D eigenvalue weighted by atomic mass is 16.3. The first-order valence-corrected chi connectivity index (χ1v) is 8.26. The fourth-order valence-corrected chi connectivity index (χ4v) is 3.45. The van der Waals surface area contributed by atoms with Crippen LogP contribution in [0, 0.1) is 0 Å². The summed E-state index contributed by atoms with van der Waals surface area (Å²) < 4.78 is 0. The zero-order valence-electron chi connectivity index (χ0n) is 15.2. The Morgan fingerprint density at radius 3 is 2.21 bits per heavy atom. The van der Waals surface area contributed by atoms with E-state index in [1.54, 1.807) is 19.0 Å². The molecule has 0 unspecified atom stereocenters. The van der Waals surface area contributed by atoms with Crippen LogP contribution in [0.25, 0.3) is 0 Å². The summed E-state index contributed by atoms with van der Waals surface area (Å²) in [4.78, 5) is 40.3. The molecule has 2 aliphatic heterocycles. The molecular formula is C16H30N4O4. The Bertz CT molecular complexity index is 445. The molecule has 3 amide bonds. The van der Waals surface area contributed by atoms with Crippen molar-refractivity contribution in [1.82, 2.24) is 19.6 Å². The summed E-state index contributed by atoms with van der Waals surface area (Å²) in [6, 6.07) is 0.0778. The van der Waals surface area contributed by atoms with Gasteiger partial charge in [-0.3, -0.25) is 9.59 Å². The van der Waals surface area contributed by atoms with Crippen LogP contribution in [0.5, 0.6) is 0 Å². The van der Waals surface area contributed by atoms with E-state index in [4.69, 9.17) is 9.90 Å². The molecule has 0 atom stereocenters. The molecule has 0 aliphatic carbocycles. The molecule has 24 heavy (non-hydrogen) atoms. The van der Waals surface area contributed by atoms with Crippen LogP contribution < -0.4 is 0 Å². The van der Waals surface area contributed by atoms with E-state index in [1.165, 1.54) is 0 Å². The van der Waals surface area contributed by atoms with Gasteiger partial charge in [-0.1, -0.05) is 0 Å². The van der Waals surface area contributed by atoms with Crippen LogP contribution in [-0.4, -0.2) is 103 Å². The number of urea groups is 1. The second-order valence-electron chi connectivity index (χ2n) is 6.84. The van der Waals surface area contributed by atoms with E-state index in [0.717, 1.165) is 45.4 Å². The number of rotatable bonds is 3. The van der Waals surface area contributed by atoms with Gasteiger partial charge in [-0.15, -0.1) is 0 Å². The van der Waals surface area contributed by atoms with Gasteiger partial charge in [-0.2, -0.15) is 0 Å². The van der Waals surface area contributed by atoms with Gasteiger partial charge < -0.3 is 24.7 Å².